The number of nitrogens with one attached hydrogen (secondary N) is 2. The van der Waals surface area contributed by atoms with Gasteiger partial charge in [-0.05, 0) is 5.56 Å². The third kappa shape index (κ3) is 1.29. The van der Waals surface area contributed by atoms with E-state index in [-0.39, 0.29) is 5.84 Å². The monoisotopic (exact) mass is 119 g/mol. The lowest BCUT2D eigenvalue weighted by molar-refractivity contribution is 1.50. The maximum atomic E-state index is 6.90. The maximum absolute atomic E-state index is 6.90. The first-order valence-corrected chi connectivity index (χ1v) is 2.66. The van der Waals surface area contributed by atoms with Gasteiger partial charge in [0.05, 0.1) is 0 Å². The van der Waals surface area contributed by atoms with Crippen LogP contribution < -0.4 is 0 Å². The van der Waals surface area contributed by atoms with Gasteiger partial charge in [0.15, 0.2) is 0 Å². The molecule has 0 bridgehead atoms. The lowest BCUT2D eigenvalue weighted by Gasteiger charge is -2.01. The van der Waals surface area contributed by atoms with Gasteiger partial charge in [-0.15, -0.1) is 0 Å². The van der Waals surface area contributed by atoms with Crippen molar-refractivity contribution in [1.82, 2.24) is 0 Å². The highest BCUT2D eigenvalue weighted by Gasteiger charge is 1.82. The zero-order chi connectivity index (χ0) is 6.69. The Labute approximate surface area is 53.8 Å². The smallest absolute Gasteiger partial charge is 0.0276 e. The van der Waals surface area contributed by atoms with Crippen molar-refractivity contribution < 1.29 is 0 Å². The van der Waals surface area contributed by atoms with Crippen LogP contribution >= 0.6 is 0 Å². The zero-order valence-electron chi connectivity index (χ0n) is 4.89. The third-order valence-corrected chi connectivity index (χ3v) is 1.06. The Morgan fingerprint density at radius 2 is 1.78 bits per heavy atom. The van der Waals surface area contributed by atoms with E-state index in [0.717, 1.165) is 0 Å². The topological polar surface area (TPSA) is 47.7 Å². The first-order valence-electron chi connectivity index (χ1n) is 2.66. The third-order valence-electron chi connectivity index (χ3n) is 1.06. The molecule has 1 aromatic rings. The van der Waals surface area contributed by atoms with Gasteiger partial charge in [-0.1, -0.05) is 36.2 Å². The highest BCUT2D eigenvalue weighted by atomic mass is 14.7. The molecule has 0 spiro atoms. The van der Waals surface area contributed by atoms with E-state index in [1.165, 1.54) is 0 Å². The first-order chi connectivity index (χ1) is 4.30. The fourth-order valence-electron chi connectivity index (χ4n) is 0.605. The molecule has 0 aliphatic rings. The quantitative estimate of drug-likeness (QED) is 0.434. The summed E-state index contributed by atoms with van der Waals surface area (Å²) in [5.41, 5.74) is 7.57. The minimum atomic E-state index is -0.129. The summed E-state index contributed by atoms with van der Waals surface area (Å²) in [4.78, 5) is 0. The van der Waals surface area contributed by atoms with Crippen LogP contribution in [0.15, 0.2) is 30.3 Å². The van der Waals surface area contributed by atoms with Crippen LogP contribution in [0.5, 0.6) is 0 Å². The number of amidine groups is 1. The molecule has 0 saturated heterocycles. The van der Waals surface area contributed by atoms with Gasteiger partial charge in [0, 0.05) is 0 Å². The van der Waals surface area contributed by atoms with Crippen molar-refractivity contribution >= 4 is 5.84 Å². The molecule has 1 aromatic carbocycles. The second kappa shape index (κ2) is 2.31. The first kappa shape index (κ1) is 5.82. The van der Waals surface area contributed by atoms with Gasteiger partial charge in [-0.25, -0.2) is 0 Å². The van der Waals surface area contributed by atoms with Crippen molar-refractivity contribution in [2.24, 2.45) is 0 Å². The van der Waals surface area contributed by atoms with Crippen LogP contribution in [-0.4, -0.2) is 5.84 Å². The SMILES string of the molecule is N=C([NH-])c1ccccc1. The molecule has 0 unspecified atom stereocenters. The van der Waals surface area contributed by atoms with Crippen LogP contribution in [0, 0.1) is 5.41 Å². The summed E-state index contributed by atoms with van der Waals surface area (Å²) < 4.78 is 0. The molecule has 2 N–H and O–H groups in total. The van der Waals surface area contributed by atoms with Crippen LogP contribution in [-0.2, 0) is 0 Å². The summed E-state index contributed by atoms with van der Waals surface area (Å²) in [5, 5.41) is 6.90. The molecule has 0 saturated carbocycles. The Morgan fingerprint density at radius 3 is 2.11 bits per heavy atom. The Hall–Kier alpha value is -1.31. The van der Waals surface area contributed by atoms with E-state index in [1.54, 1.807) is 12.1 Å². The average Bonchev–Trinajstić information content (AvgIpc) is 1.90. The molecule has 0 heterocycles. The zero-order valence-corrected chi connectivity index (χ0v) is 4.89. The molecule has 0 aliphatic carbocycles. The van der Waals surface area contributed by atoms with Crippen molar-refractivity contribution in [3.05, 3.63) is 41.6 Å². The summed E-state index contributed by atoms with van der Waals surface area (Å²) in [6.45, 7) is 0. The number of hydrogen-bond donors (Lipinski definition) is 1. The molecule has 0 amide bonds. The van der Waals surface area contributed by atoms with E-state index in [0.29, 0.717) is 5.56 Å². The highest BCUT2D eigenvalue weighted by molar-refractivity contribution is 6.02. The molecular formula is C7H7N2-. The second-order valence-electron chi connectivity index (χ2n) is 1.74. The largest absolute Gasteiger partial charge is 0.482 e. The van der Waals surface area contributed by atoms with Crippen molar-refractivity contribution in [3.63, 3.8) is 0 Å². The van der Waals surface area contributed by atoms with Gasteiger partial charge in [0.1, 0.15) is 0 Å². The molecule has 0 aliphatic heterocycles. The standard InChI is InChI=1S/C7H7N2/c8-7(9)6-4-2-1-3-5-6/h1-5H,(H2-,8,9)/q-1. The van der Waals surface area contributed by atoms with Gasteiger partial charge >= 0.3 is 0 Å². The van der Waals surface area contributed by atoms with Crippen LogP contribution in [0.3, 0.4) is 0 Å². The van der Waals surface area contributed by atoms with Gasteiger partial charge in [-0.2, -0.15) is 0 Å². The van der Waals surface area contributed by atoms with Gasteiger partial charge < -0.3 is 11.1 Å². The predicted octanol–water partition coefficient (Wildman–Crippen LogP) is 2.06. The summed E-state index contributed by atoms with van der Waals surface area (Å²) in [5.74, 6) is -0.129. The lowest BCUT2D eigenvalue weighted by Crippen LogP contribution is -1.87. The Balaban J connectivity index is 2.98. The fourth-order valence-corrected chi connectivity index (χ4v) is 0.605. The molecule has 1 rings (SSSR count). The van der Waals surface area contributed by atoms with Crippen LogP contribution in [0.2, 0.25) is 0 Å². The molecule has 0 aromatic heterocycles. The molecule has 2 nitrogen and oxygen atoms in total. The van der Waals surface area contributed by atoms with E-state index in [4.69, 9.17) is 11.1 Å². The lowest BCUT2D eigenvalue weighted by atomic mass is 10.2. The van der Waals surface area contributed by atoms with E-state index < -0.39 is 0 Å². The van der Waals surface area contributed by atoms with Crippen molar-refractivity contribution in [1.29, 1.82) is 5.41 Å². The molecule has 9 heavy (non-hydrogen) atoms. The maximum Gasteiger partial charge on any atom is -0.0276 e. The minimum Gasteiger partial charge on any atom is -0.482 e. The molecule has 0 fully saturated rings. The number of benzene rings is 1. The molecule has 46 valence electrons. The van der Waals surface area contributed by atoms with E-state index in [2.05, 4.69) is 0 Å². The predicted molar refractivity (Wildman–Crippen MR) is 37.6 cm³/mol. The minimum absolute atomic E-state index is 0.129. The summed E-state index contributed by atoms with van der Waals surface area (Å²) >= 11 is 0. The van der Waals surface area contributed by atoms with E-state index in [9.17, 15) is 0 Å². The highest BCUT2D eigenvalue weighted by Crippen LogP contribution is 1.98. The summed E-state index contributed by atoms with van der Waals surface area (Å²) in [6.07, 6.45) is 0. The Kier molecular flexibility index (Phi) is 1.49. The van der Waals surface area contributed by atoms with Crippen molar-refractivity contribution in [3.8, 4) is 0 Å². The number of rotatable bonds is 1. The number of hydrogen-bond acceptors (Lipinski definition) is 1. The normalized spacial score (nSPS) is 8.89. The van der Waals surface area contributed by atoms with Crippen molar-refractivity contribution in [2.45, 2.75) is 0 Å². The Morgan fingerprint density at radius 1 is 1.22 bits per heavy atom. The van der Waals surface area contributed by atoms with Gasteiger partial charge in [0.25, 0.3) is 0 Å². The van der Waals surface area contributed by atoms with E-state index in [1.807, 2.05) is 18.2 Å². The van der Waals surface area contributed by atoms with Crippen LogP contribution in [0.1, 0.15) is 5.56 Å². The van der Waals surface area contributed by atoms with Crippen LogP contribution in [0.25, 0.3) is 5.73 Å². The summed E-state index contributed by atoms with van der Waals surface area (Å²) in [6, 6.07) is 8.99. The van der Waals surface area contributed by atoms with Gasteiger partial charge in [0.2, 0.25) is 0 Å². The Bertz CT molecular complexity index is 203. The molecular weight excluding hydrogens is 112 g/mol. The van der Waals surface area contributed by atoms with Crippen molar-refractivity contribution in [2.75, 3.05) is 0 Å². The average molecular weight is 119 g/mol. The van der Waals surface area contributed by atoms with E-state index >= 15 is 0 Å². The van der Waals surface area contributed by atoms with Crippen LogP contribution in [0.4, 0.5) is 0 Å². The second-order valence-corrected chi connectivity index (χ2v) is 1.74. The summed E-state index contributed by atoms with van der Waals surface area (Å²) in [7, 11) is 0. The molecule has 0 radical (unpaired) electrons. The fraction of sp³-hybridized carbons (Fsp3) is 0. The molecule has 2 heteroatoms. The van der Waals surface area contributed by atoms with Gasteiger partial charge in [-0.3, -0.25) is 0 Å². The molecule has 0 atom stereocenters.